The Morgan fingerprint density at radius 2 is 1.58 bits per heavy atom. The topological polar surface area (TPSA) is 103 Å². The zero-order chi connectivity index (χ0) is 20.0. The molecular weight excluding hydrogens is 358 g/mol. The highest BCUT2D eigenvalue weighted by molar-refractivity contribution is 6.60. The largest absolute Gasteiger partial charge is 0.500 e. The minimum atomic E-state index is -2.73. The van der Waals surface area contributed by atoms with Crippen molar-refractivity contribution >= 4 is 20.7 Å². The van der Waals surface area contributed by atoms with Crippen molar-refractivity contribution in [2.24, 2.45) is 0 Å². The van der Waals surface area contributed by atoms with E-state index < -0.39 is 26.8 Å². The molecule has 0 aliphatic rings. The molecular formula is C17H35NO7Si. The van der Waals surface area contributed by atoms with Gasteiger partial charge in [-0.05, 0) is 47.1 Å². The van der Waals surface area contributed by atoms with Gasteiger partial charge in [-0.25, -0.2) is 0 Å². The van der Waals surface area contributed by atoms with Gasteiger partial charge >= 0.3 is 20.7 Å². The average molecular weight is 394 g/mol. The molecule has 9 heteroatoms. The normalized spacial score (nSPS) is 14.0. The van der Waals surface area contributed by atoms with Crippen LogP contribution in [0.25, 0.3) is 0 Å². The van der Waals surface area contributed by atoms with Crippen molar-refractivity contribution in [3.8, 4) is 0 Å². The molecule has 0 saturated heterocycles. The summed E-state index contributed by atoms with van der Waals surface area (Å²) in [5.74, 6) is -1.59. The van der Waals surface area contributed by atoms with E-state index in [0.717, 1.165) is 0 Å². The summed E-state index contributed by atoms with van der Waals surface area (Å²) in [4.78, 5) is 23.1. The Hall–Kier alpha value is -1.00. The van der Waals surface area contributed by atoms with Crippen LogP contribution in [0, 0.1) is 0 Å². The van der Waals surface area contributed by atoms with E-state index >= 15 is 0 Å². The fourth-order valence-corrected chi connectivity index (χ4v) is 4.97. The SMILES string of the molecule is CCO[Si](CCCNC(CC(=O)O)C(=O)OC(C)CC)(OCC)OCC. The predicted molar refractivity (Wildman–Crippen MR) is 99.9 cm³/mol. The van der Waals surface area contributed by atoms with E-state index in [1.165, 1.54) is 0 Å². The van der Waals surface area contributed by atoms with Crippen LogP contribution in [0.4, 0.5) is 0 Å². The molecule has 0 fully saturated rings. The van der Waals surface area contributed by atoms with Crippen molar-refractivity contribution in [2.45, 2.75) is 72.1 Å². The molecule has 0 heterocycles. The number of ether oxygens (including phenoxy) is 1. The highest BCUT2D eigenvalue weighted by Crippen LogP contribution is 2.18. The van der Waals surface area contributed by atoms with E-state index in [1.807, 2.05) is 27.7 Å². The van der Waals surface area contributed by atoms with Gasteiger partial charge in [0.05, 0.1) is 12.5 Å². The number of hydrogen-bond acceptors (Lipinski definition) is 7. The number of carboxylic acid groups (broad SMARTS) is 1. The summed E-state index contributed by atoms with van der Waals surface area (Å²) in [6.07, 6.45) is 0.755. The Bertz CT molecular complexity index is 392. The summed E-state index contributed by atoms with van der Waals surface area (Å²) in [6.45, 7) is 11.3. The Labute approximate surface area is 157 Å². The van der Waals surface area contributed by atoms with Crippen LogP contribution in [0.2, 0.25) is 6.04 Å². The Kier molecular flexibility index (Phi) is 13.6. The van der Waals surface area contributed by atoms with Crippen LogP contribution in [-0.2, 0) is 27.6 Å². The number of esters is 1. The molecule has 0 radical (unpaired) electrons. The lowest BCUT2D eigenvalue weighted by Crippen LogP contribution is -2.47. The minimum absolute atomic E-state index is 0.241. The quantitative estimate of drug-likeness (QED) is 0.234. The first-order valence-corrected chi connectivity index (χ1v) is 11.3. The van der Waals surface area contributed by atoms with Crippen molar-refractivity contribution in [3.63, 3.8) is 0 Å². The van der Waals surface area contributed by atoms with Crippen molar-refractivity contribution in [3.05, 3.63) is 0 Å². The second-order valence-corrected chi connectivity index (χ2v) is 8.58. The third-order valence-corrected chi connectivity index (χ3v) is 6.85. The molecule has 2 atom stereocenters. The number of carbonyl (C=O) groups excluding carboxylic acids is 1. The van der Waals surface area contributed by atoms with Gasteiger partial charge in [0.1, 0.15) is 6.04 Å². The average Bonchev–Trinajstić information content (AvgIpc) is 2.57. The summed E-state index contributed by atoms with van der Waals surface area (Å²) in [6, 6.07) is -0.278. The molecule has 0 amide bonds. The summed E-state index contributed by atoms with van der Waals surface area (Å²) in [5, 5.41) is 12.0. The van der Waals surface area contributed by atoms with Crippen LogP contribution in [-0.4, -0.2) is 64.4 Å². The van der Waals surface area contributed by atoms with Crippen LogP contribution in [0.5, 0.6) is 0 Å². The summed E-state index contributed by atoms with van der Waals surface area (Å²) in [7, 11) is -2.73. The van der Waals surface area contributed by atoms with Crippen molar-refractivity contribution in [1.29, 1.82) is 0 Å². The molecule has 2 unspecified atom stereocenters. The lowest BCUT2D eigenvalue weighted by molar-refractivity contribution is -0.154. The van der Waals surface area contributed by atoms with Gasteiger partial charge < -0.3 is 28.4 Å². The molecule has 0 aliphatic carbocycles. The molecule has 0 spiro atoms. The number of carboxylic acids is 1. The number of aliphatic carboxylic acids is 1. The molecule has 0 rings (SSSR count). The van der Waals surface area contributed by atoms with Crippen molar-refractivity contribution in [1.82, 2.24) is 5.32 Å². The van der Waals surface area contributed by atoms with Gasteiger partial charge in [0.25, 0.3) is 0 Å². The number of carbonyl (C=O) groups is 2. The van der Waals surface area contributed by atoms with E-state index in [4.69, 9.17) is 23.1 Å². The van der Waals surface area contributed by atoms with Gasteiger partial charge in [-0.15, -0.1) is 0 Å². The monoisotopic (exact) mass is 393 g/mol. The first-order valence-electron chi connectivity index (χ1n) is 9.41. The fraction of sp³-hybridized carbons (Fsp3) is 0.882. The molecule has 0 aromatic heterocycles. The molecule has 2 N–H and O–H groups in total. The molecule has 0 aliphatic heterocycles. The Morgan fingerprint density at radius 3 is 2.00 bits per heavy atom. The molecule has 8 nitrogen and oxygen atoms in total. The second-order valence-electron chi connectivity index (χ2n) is 5.85. The van der Waals surface area contributed by atoms with Crippen LogP contribution in [0.1, 0.15) is 53.9 Å². The van der Waals surface area contributed by atoms with Gasteiger partial charge in [-0.1, -0.05) is 6.92 Å². The fourth-order valence-electron chi connectivity index (χ4n) is 2.36. The van der Waals surface area contributed by atoms with E-state index in [0.29, 0.717) is 45.3 Å². The van der Waals surface area contributed by atoms with E-state index in [9.17, 15) is 9.59 Å². The zero-order valence-electron chi connectivity index (χ0n) is 16.7. The van der Waals surface area contributed by atoms with E-state index in [-0.39, 0.29) is 12.5 Å². The van der Waals surface area contributed by atoms with Gasteiger partial charge in [-0.3, -0.25) is 9.59 Å². The predicted octanol–water partition coefficient (Wildman–Crippen LogP) is 2.20. The highest BCUT2D eigenvalue weighted by atomic mass is 28.4. The summed E-state index contributed by atoms with van der Waals surface area (Å²) < 4.78 is 22.6. The second kappa shape index (κ2) is 14.1. The lowest BCUT2D eigenvalue weighted by Gasteiger charge is -2.28. The maximum Gasteiger partial charge on any atom is 0.500 e. The molecule has 154 valence electrons. The van der Waals surface area contributed by atoms with Gasteiger partial charge in [0.2, 0.25) is 0 Å². The lowest BCUT2D eigenvalue weighted by atomic mass is 10.2. The van der Waals surface area contributed by atoms with E-state index in [1.54, 1.807) is 6.92 Å². The standard InChI is InChI=1S/C17H35NO7Si/c1-6-14(5)25-17(21)15(13-16(19)20)18-11-10-12-26(22-7-2,23-8-3)24-9-4/h14-15,18H,6-13H2,1-5H3,(H,19,20). The van der Waals surface area contributed by atoms with Gasteiger partial charge in [0, 0.05) is 25.9 Å². The Balaban J connectivity index is 4.66. The van der Waals surface area contributed by atoms with Crippen molar-refractivity contribution in [2.75, 3.05) is 26.4 Å². The molecule has 0 aromatic rings. The first-order chi connectivity index (χ1) is 12.3. The zero-order valence-corrected chi connectivity index (χ0v) is 17.7. The third kappa shape index (κ3) is 10.2. The Morgan fingerprint density at radius 1 is 1.04 bits per heavy atom. The maximum absolute atomic E-state index is 12.1. The van der Waals surface area contributed by atoms with Crippen LogP contribution in [0.3, 0.4) is 0 Å². The van der Waals surface area contributed by atoms with Gasteiger partial charge in [0.15, 0.2) is 0 Å². The van der Waals surface area contributed by atoms with Crippen LogP contribution < -0.4 is 5.32 Å². The highest BCUT2D eigenvalue weighted by Gasteiger charge is 2.39. The van der Waals surface area contributed by atoms with Crippen LogP contribution >= 0.6 is 0 Å². The smallest absolute Gasteiger partial charge is 0.481 e. The summed E-state index contributed by atoms with van der Waals surface area (Å²) >= 11 is 0. The number of nitrogens with one attached hydrogen (secondary N) is 1. The summed E-state index contributed by atoms with van der Waals surface area (Å²) in [5.41, 5.74) is 0. The van der Waals surface area contributed by atoms with Crippen molar-refractivity contribution < 1.29 is 32.7 Å². The third-order valence-electron chi connectivity index (χ3n) is 3.70. The first kappa shape index (κ1) is 25.0. The maximum atomic E-state index is 12.1. The number of rotatable bonds is 16. The molecule has 0 saturated carbocycles. The van der Waals surface area contributed by atoms with Crippen LogP contribution in [0.15, 0.2) is 0 Å². The van der Waals surface area contributed by atoms with E-state index in [2.05, 4.69) is 5.32 Å². The van der Waals surface area contributed by atoms with Gasteiger partial charge in [-0.2, -0.15) is 0 Å². The molecule has 0 aromatic carbocycles. The number of hydrogen-bond donors (Lipinski definition) is 2. The molecule has 0 bridgehead atoms. The minimum Gasteiger partial charge on any atom is -0.481 e. The molecule has 26 heavy (non-hydrogen) atoms.